The van der Waals surface area contributed by atoms with E-state index in [9.17, 15) is 4.79 Å². The van der Waals surface area contributed by atoms with Crippen LogP contribution in [0.2, 0.25) is 0 Å². The highest BCUT2D eigenvalue weighted by Gasteiger charge is 2.20. The largest absolute Gasteiger partial charge is 0.399 e. The molecule has 0 aromatic heterocycles. The number of hydrogen-bond acceptors (Lipinski definition) is 2. The number of carbonyl (C=O) groups excluding carboxylic acids is 1. The number of amides is 1. The Morgan fingerprint density at radius 1 is 1.44 bits per heavy atom. The van der Waals surface area contributed by atoms with E-state index in [1.54, 1.807) is 0 Å². The zero-order valence-corrected chi connectivity index (χ0v) is 12.2. The second-order valence-corrected chi connectivity index (χ2v) is 5.95. The molecule has 2 N–H and O–H groups in total. The van der Waals surface area contributed by atoms with Gasteiger partial charge in [-0.05, 0) is 36.5 Å². The summed E-state index contributed by atoms with van der Waals surface area (Å²) >= 11 is 3.51. The second-order valence-electron chi connectivity index (χ2n) is 5.10. The van der Waals surface area contributed by atoms with Crippen LogP contribution in [0.3, 0.4) is 0 Å². The number of benzene rings is 1. The van der Waals surface area contributed by atoms with Crippen LogP contribution in [0.15, 0.2) is 22.7 Å². The molecule has 4 heteroatoms. The predicted octanol–water partition coefficient (Wildman–Crippen LogP) is 3.18. The Hall–Kier alpha value is -1.03. The summed E-state index contributed by atoms with van der Waals surface area (Å²) in [6, 6.07) is 5.76. The van der Waals surface area contributed by atoms with Crippen molar-refractivity contribution in [2.24, 2.45) is 5.92 Å². The first-order valence-corrected chi connectivity index (χ1v) is 7.17. The van der Waals surface area contributed by atoms with Crippen LogP contribution in [0.4, 0.5) is 5.69 Å². The molecule has 0 saturated carbocycles. The Morgan fingerprint density at radius 3 is 2.94 bits per heavy atom. The van der Waals surface area contributed by atoms with E-state index < -0.39 is 0 Å². The molecule has 0 spiro atoms. The molecular weight excluding hydrogens is 292 g/mol. The van der Waals surface area contributed by atoms with Crippen LogP contribution in [0.25, 0.3) is 0 Å². The predicted molar refractivity (Wildman–Crippen MR) is 77.0 cm³/mol. The normalized spacial score (nSPS) is 20.9. The third-order valence-electron chi connectivity index (χ3n) is 3.53. The van der Waals surface area contributed by atoms with E-state index in [1.165, 1.54) is 0 Å². The molecule has 1 saturated heterocycles. The molecule has 0 bridgehead atoms. The Balaban J connectivity index is 2.09. The van der Waals surface area contributed by atoms with Gasteiger partial charge in [0.2, 0.25) is 5.91 Å². The number of hydrogen-bond donors (Lipinski definition) is 1. The minimum absolute atomic E-state index is 0.267. The van der Waals surface area contributed by atoms with Crippen molar-refractivity contribution >= 4 is 27.5 Å². The monoisotopic (exact) mass is 310 g/mol. The summed E-state index contributed by atoms with van der Waals surface area (Å²) in [4.78, 5) is 14.0. The lowest BCUT2D eigenvalue weighted by molar-refractivity contribution is -0.131. The molecule has 1 atom stereocenters. The molecule has 2 rings (SSSR count). The van der Waals surface area contributed by atoms with E-state index in [2.05, 4.69) is 22.9 Å². The average molecular weight is 311 g/mol. The van der Waals surface area contributed by atoms with Gasteiger partial charge in [0.25, 0.3) is 0 Å². The molecule has 1 aromatic rings. The Morgan fingerprint density at radius 2 is 2.22 bits per heavy atom. The quantitative estimate of drug-likeness (QED) is 0.853. The first-order valence-electron chi connectivity index (χ1n) is 6.38. The van der Waals surface area contributed by atoms with E-state index in [1.807, 2.05) is 23.1 Å². The zero-order chi connectivity index (χ0) is 13.1. The third kappa shape index (κ3) is 3.25. The molecule has 0 radical (unpaired) electrons. The van der Waals surface area contributed by atoms with Crippen molar-refractivity contribution in [1.29, 1.82) is 0 Å². The van der Waals surface area contributed by atoms with Gasteiger partial charge in [0.1, 0.15) is 0 Å². The standard InChI is InChI=1S/C14H19BrN2O/c1-10-2-5-14(18)17(7-6-10)9-11-3-4-12(16)8-13(11)15/h3-4,8,10H,2,5-7,9,16H2,1H3. The van der Waals surface area contributed by atoms with Gasteiger partial charge in [-0.15, -0.1) is 0 Å². The van der Waals surface area contributed by atoms with Gasteiger partial charge in [-0.3, -0.25) is 4.79 Å². The van der Waals surface area contributed by atoms with Crippen molar-refractivity contribution in [3.05, 3.63) is 28.2 Å². The second kappa shape index (κ2) is 5.74. The van der Waals surface area contributed by atoms with Crippen LogP contribution in [0.1, 0.15) is 31.7 Å². The lowest BCUT2D eigenvalue weighted by Crippen LogP contribution is -2.29. The maximum absolute atomic E-state index is 12.0. The average Bonchev–Trinajstić information content (AvgIpc) is 2.47. The number of rotatable bonds is 2. The summed E-state index contributed by atoms with van der Waals surface area (Å²) < 4.78 is 0.979. The van der Waals surface area contributed by atoms with Crippen LogP contribution in [0, 0.1) is 5.92 Å². The molecule has 1 aliphatic heterocycles. The van der Waals surface area contributed by atoms with Crippen molar-refractivity contribution in [3.63, 3.8) is 0 Å². The fourth-order valence-electron chi connectivity index (χ4n) is 2.24. The highest BCUT2D eigenvalue weighted by atomic mass is 79.9. The van der Waals surface area contributed by atoms with Crippen molar-refractivity contribution < 1.29 is 4.79 Å². The molecule has 1 unspecified atom stereocenters. The van der Waals surface area contributed by atoms with Gasteiger partial charge in [-0.2, -0.15) is 0 Å². The maximum Gasteiger partial charge on any atom is 0.222 e. The molecule has 1 aliphatic rings. The molecule has 1 amide bonds. The van der Waals surface area contributed by atoms with Crippen LogP contribution >= 0.6 is 15.9 Å². The first-order chi connectivity index (χ1) is 8.56. The van der Waals surface area contributed by atoms with Crippen LogP contribution < -0.4 is 5.73 Å². The number of carbonyl (C=O) groups is 1. The number of halogens is 1. The lowest BCUT2D eigenvalue weighted by atomic mass is 10.0. The van der Waals surface area contributed by atoms with Gasteiger partial charge in [0.15, 0.2) is 0 Å². The van der Waals surface area contributed by atoms with E-state index >= 15 is 0 Å². The fourth-order valence-corrected chi connectivity index (χ4v) is 2.76. The minimum atomic E-state index is 0.267. The molecule has 1 aromatic carbocycles. The minimum Gasteiger partial charge on any atom is -0.399 e. The van der Waals surface area contributed by atoms with Gasteiger partial charge < -0.3 is 10.6 Å². The number of nitrogens with two attached hydrogens (primary N) is 1. The molecule has 1 heterocycles. The summed E-state index contributed by atoms with van der Waals surface area (Å²) in [7, 11) is 0. The highest BCUT2D eigenvalue weighted by Crippen LogP contribution is 2.24. The van der Waals surface area contributed by atoms with E-state index in [4.69, 9.17) is 5.73 Å². The number of nitrogen functional groups attached to an aromatic ring is 1. The van der Waals surface area contributed by atoms with Gasteiger partial charge in [-0.1, -0.05) is 28.9 Å². The van der Waals surface area contributed by atoms with Gasteiger partial charge >= 0.3 is 0 Å². The highest BCUT2D eigenvalue weighted by molar-refractivity contribution is 9.10. The Bertz CT molecular complexity index is 447. The molecule has 18 heavy (non-hydrogen) atoms. The van der Waals surface area contributed by atoms with E-state index in [-0.39, 0.29) is 5.91 Å². The van der Waals surface area contributed by atoms with Crippen LogP contribution in [-0.4, -0.2) is 17.4 Å². The molecule has 1 fully saturated rings. The van der Waals surface area contributed by atoms with Crippen molar-refractivity contribution in [1.82, 2.24) is 4.90 Å². The van der Waals surface area contributed by atoms with E-state index in [0.717, 1.165) is 35.1 Å². The smallest absolute Gasteiger partial charge is 0.222 e. The maximum atomic E-state index is 12.0. The van der Waals surface area contributed by atoms with Gasteiger partial charge in [0, 0.05) is 29.7 Å². The molecule has 3 nitrogen and oxygen atoms in total. The zero-order valence-electron chi connectivity index (χ0n) is 10.7. The SMILES string of the molecule is CC1CCC(=O)N(Cc2ccc(N)cc2Br)CC1. The van der Waals surface area contributed by atoms with Crippen LogP contribution in [-0.2, 0) is 11.3 Å². The summed E-state index contributed by atoms with van der Waals surface area (Å²) in [5, 5.41) is 0. The number of anilines is 1. The Labute approximate surface area is 116 Å². The summed E-state index contributed by atoms with van der Waals surface area (Å²) in [6.07, 6.45) is 2.78. The summed E-state index contributed by atoms with van der Waals surface area (Å²) in [5.74, 6) is 0.914. The topological polar surface area (TPSA) is 46.3 Å². The third-order valence-corrected chi connectivity index (χ3v) is 4.27. The van der Waals surface area contributed by atoms with Crippen molar-refractivity contribution in [2.75, 3.05) is 12.3 Å². The van der Waals surface area contributed by atoms with Crippen LogP contribution in [0.5, 0.6) is 0 Å². The molecular formula is C14H19BrN2O. The number of nitrogens with zero attached hydrogens (tertiary/aromatic N) is 1. The Kier molecular flexibility index (Phi) is 4.27. The summed E-state index contributed by atoms with van der Waals surface area (Å²) in [5.41, 5.74) is 7.58. The van der Waals surface area contributed by atoms with Gasteiger partial charge in [-0.25, -0.2) is 0 Å². The summed E-state index contributed by atoms with van der Waals surface area (Å²) in [6.45, 7) is 3.75. The molecule has 0 aliphatic carbocycles. The van der Waals surface area contributed by atoms with E-state index in [0.29, 0.717) is 18.9 Å². The fraction of sp³-hybridized carbons (Fsp3) is 0.500. The van der Waals surface area contributed by atoms with Crippen molar-refractivity contribution in [3.8, 4) is 0 Å². The van der Waals surface area contributed by atoms with Crippen molar-refractivity contribution in [2.45, 2.75) is 32.7 Å². The molecule has 98 valence electrons. The van der Waals surface area contributed by atoms with Gasteiger partial charge in [0.05, 0.1) is 0 Å². The number of likely N-dealkylation sites (tertiary alicyclic amines) is 1. The first kappa shape index (κ1) is 13.4. The lowest BCUT2D eigenvalue weighted by Gasteiger charge is -2.21.